The van der Waals surface area contributed by atoms with E-state index in [9.17, 15) is 5.26 Å². The van der Waals surface area contributed by atoms with Crippen molar-refractivity contribution in [1.82, 2.24) is 15.0 Å². The Morgan fingerprint density at radius 2 is 1.21 bits per heavy atom. The van der Waals surface area contributed by atoms with Crippen LogP contribution in [-0.4, -0.2) is 15.0 Å². The molecule has 272 valence electrons. The number of aromatic nitrogens is 3. The second-order valence-electron chi connectivity index (χ2n) is 17.9. The van der Waals surface area contributed by atoms with E-state index < -0.39 is 0 Å². The fourth-order valence-corrected chi connectivity index (χ4v) is 13.0. The van der Waals surface area contributed by atoms with Crippen LogP contribution in [0.5, 0.6) is 0 Å². The van der Waals surface area contributed by atoms with Gasteiger partial charge in [-0.15, -0.1) is 0 Å². The highest BCUT2D eigenvalue weighted by Crippen LogP contribution is 2.93. The van der Waals surface area contributed by atoms with Crippen LogP contribution in [0.1, 0.15) is 60.9 Å². The smallest absolute Gasteiger partial charge is 0.164 e. The topological polar surface area (TPSA) is 75.6 Å². The van der Waals surface area contributed by atoms with Crippen molar-refractivity contribution in [3.63, 3.8) is 0 Å². The molecule has 0 radical (unpaired) electrons. The van der Waals surface area contributed by atoms with E-state index >= 15 is 0 Å². The second kappa shape index (κ2) is 10.7. The first-order valence-corrected chi connectivity index (χ1v) is 20.4. The lowest BCUT2D eigenvalue weighted by Crippen LogP contribution is -2.89. The summed E-state index contributed by atoms with van der Waals surface area (Å²) in [6.07, 6.45) is 4.06. The van der Waals surface area contributed by atoms with Crippen molar-refractivity contribution in [2.45, 2.75) is 43.9 Å². The summed E-state index contributed by atoms with van der Waals surface area (Å²) >= 11 is 0. The highest BCUT2D eigenvalue weighted by molar-refractivity contribution is 6.06. The first-order valence-electron chi connectivity index (χ1n) is 20.4. The Bertz CT molecular complexity index is 3060. The number of rotatable bonds is 5. The van der Waals surface area contributed by atoms with Gasteiger partial charge in [0.05, 0.1) is 11.6 Å². The minimum atomic E-state index is -0.133. The van der Waals surface area contributed by atoms with Gasteiger partial charge < -0.3 is 4.42 Å². The molecule has 5 aliphatic carbocycles. The SMILES string of the molecule is CC1(C)c2ccccc2-c2ccc(-c3nc(-c4ccccc4)nc(-c4ccc5c(c4)oc4ccc(C6(c7ccc(C#N)cc7)C7CC8CC9CC6C897)cc45)n3)cc21. The van der Waals surface area contributed by atoms with Crippen LogP contribution in [0.3, 0.4) is 0 Å². The lowest BCUT2D eigenvalue weighted by molar-refractivity contribution is -0.413. The molecule has 13 rings (SSSR count). The van der Waals surface area contributed by atoms with Crippen molar-refractivity contribution in [1.29, 1.82) is 5.26 Å². The quantitative estimate of drug-likeness (QED) is 0.176. The van der Waals surface area contributed by atoms with E-state index in [0.29, 0.717) is 34.7 Å². The number of fused-ring (bicyclic) bond motifs is 6. The molecule has 4 fully saturated rings. The summed E-state index contributed by atoms with van der Waals surface area (Å²) in [4.78, 5) is 15.3. The van der Waals surface area contributed by atoms with Crippen molar-refractivity contribution in [3.05, 3.63) is 161 Å². The van der Waals surface area contributed by atoms with Gasteiger partial charge in [-0.1, -0.05) is 105 Å². The summed E-state index contributed by atoms with van der Waals surface area (Å²) in [5.74, 6) is 5.08. The van der Waals surface area contributed by atoms with Crippen molar-refractivity contribution in [2.24, 2.45) is 29.1 Å². The molecule has 6 aromatic carbocycles. The van der Waals surface area contributed by atoms with Crippen LogP contribution in [0, 0.1) is 40.4 Å². The average Bonchev–Trinajstić information content (AvgIpc) is 3.71. The summed E-state index contributed by atoms with van der Waals surface area (Å²) in [5.41, 5.74) is 13.6. The van der Waals surface area contributed by atoms with Gasteiger partial charge in [0.25, 0.3) is 0 Å². The predicted molar refractivity (Wildman–Crippen MR) is 223 cm³/mol. The first kappa shape index (κ1) is 31.8. The Kier molecular flexibility index (Phi) is 5.98. The van der Waals surface area contributed by atoms with Crippen LogP contribution in [0.2, 0.25) is 0 Å². The number of furan rings is 1. The predicted octanol–water partition coefficient (Wildman–Crippen LogP) is 11.9. The molecule has 0 bridgehead atoms. The van der Waals surface area contributed by atoms with Crippen molar-refractivity contribution < 1.29 is 4.42 Å². The zero-order valence-electron chi connectivity index (χ0n) is 31.8. The molecule has 1 spiro atoms. The third-order valence-corrected chi connectivity index (χ3v) is 15.5. The largest absolute Gasteiger partial charge is 0.456 e. The first-order chi connectivity index (χ1) is 27.9. The lowest BCUT2D eigenvalue weighted by atomic mass is 9.11. The number of hydrogen-bond donors (Lipinski definition) is 0. The molecule has 0 aliphatic heterocycles. The van der Waals surface area contributed by atoms with E-state index in [-0.39, 0.29) is 10.8 Å². The van der Waals surface area contributed by atoms with Crippen LogP contribution in [-0.2, 0) is 10.8 Å². The molecular weight excluding hydrogens is 697 g/mol. The van der Waals surface area contributed by atoms with Gasteiger partial charge in [0, 0.05) is 38.3 Å². The molecule has 0 amide bonds. The Morgan fingerprint density at radius 3 is 1.95 bits per heavy atom. The lowest BCUT2D eigenvalue weighted by Gasteiger charge is -2.92. The van der Waals surface area contributed by atoms with Crippen molar-refractivity contribution >= 4 is 21.9 Å². The summed E-state index contributed by atoms with van der Waals surface area (Å²) in [5, 5.41) is 11.8. The van der Waals surface area contributed by atoms with E-state index in [4.69, 9.17) is 19.4 Å². The molecule has 0 saturated heterocycles. The number of hydrogen-bond acceptors (Lipinski definition) is 5. The molecule has 4 atom stereocenters. The van der Waals surface area contributed by atoms with E-state index in [0.717, 1.165) is 56.0 Å². The summed E-state index contributed by atoms with van der Waals surface area (Å²) < 4.78 is 6.64. The number of benzene rings is 6. The summed E-state index contributed by atoms with van der Waals surface area (Å²) in [6, 6.07) is 49.8. The van der Waals surface area contributed by atoms with Gasteiger partial charge in [0.1, 0.15) is 11.2 Å². The number of nitrogens with zero attached hydrogens (tertiary/aromatic N) is 4. The highest BCUT2D eigenvalue weighted by atomic mass is 16.3. The molecule has 5 heteroatoms. The van der Waals surface area contributed by atoms with Crippen LogP contribution >= 0.6 is 0 Å². The molecule has 0 N–H and O–H groups in total. The molecule has 4 saturated carbocycles. The highest BCUT2D eigenvalue weighted by Gasteiger charge is 2.89. The Hall–Kier alpha value is -6.38. The van der Waals surface area contributed by atoms with Gasteiger partial charge in [0.15, 0.2) is 17.5 Å². The van der Waals surface area contributed by atoms with E-state index in [1.165, 1.54) is 52.6 Å². The van der Waals surface area contributed by atoms with Crippen molar-refractivity contribution in [3.8, 4) is 51.4 Å². The Labute approximate surface area is 331 Å². The fraction of sp³-hybridized carbons (Fsp3) is 0.231. The molecule has 4 unspecified atom stereocenters. The van der Waals surface area contributed by atoms with Crippen molar-refractivity contribution in [2.75, 3.05) is 0 Å². The molecule has 2 aromatic heterocycles. The van der Waals surface area contributed by atoms with Crippen LogP contribution in [0.4, 0.5) is 0 Å². The maximum Gasteiger partial charge on any atom is 0.164 e. The minimum absolute atomic E-state index is 0.0101. The molecule has 2 heterocycles. The standard InChI is InChI=1S/C52H38N4O/c1-50(2)41-11-7-6-10-37(41)38-19-14-31(22-42(38)50)48-54-47(30-8-4-3-5-9-30)55-49(56-48)32-15-20-39-40-25-34(18-21-43(40)57-44(39)23-32)51(33-16-12-29(28-53)13-17-33)45-26-35-24-36-27-46(51)52(35,36)45/h3-23,25,35-36,45-46H,24,26-27H2,1-2H3. The molecule has 57 heavy (non-hydrogen) atoms. The Balaban J connectivity index is 0.926. The van der Waals surface area contributed by atoms with Gasteiger partial charge >= 0.3 is 0 Å². The normalized spacial score (nSPS) is 26.5. The molecule has 8 aromatic rings. The zero-order valence-corrected chi connectivity index (χ0v) is 31.8. The van der Waals surface area contributed by atoms with E-state index in [1.54, 1.807) is 0 Å². The summed E-state index contributed by atoms with van der Waals surface area (Å²) in [7, 11) is 0. The van der Waals surface area contributed by atoms with Crippen LogP contribution in [0.15, 0.2) is 138 Å². The monoisotopic (exact) mass is 734 g/mol. The van der Waals surface area contributed by atoms with Gasteiger partial charge in [-0.05, 0) is 124 Å². The molecule has 5 aliphatic rings. The fourth-order valence-electron chi connectivity index (χ4n) is 13.0. The van der Waals surface area contributed by atoms with Gasteiger partial charge in [-0.25, -0.2) is 15.0 Å². The summed E-state index contributed by atoms with van der Waals surface area (Å²) in [6.45, 7) is 4.60. The van der Waals surface area contributed by atoms with Crippen LogP contribution in [0.25, 0.3) is 67.2 Å². The van der Waals surface area contributed by atoms with E-state index in [1.807, 2.05) is 30.3 Å². The van der Waals surface area contributed by atoms with Crippen LogP contribution < -0.4 is 0 Å². The third kappa shape index (κ3) is 3.82. The molecule has 5 nitrogen and oxygen atoms in total. The minimum Gasteiger partial charge on any atom is -0.456 e. The maximum atomic E-state index is 9.59. The van der Waals surface area contributed by atoms with Gasteiger partial charge in [-0.2, -0.15) is 5.26 Å². The zero-order chi connectivity index (χ0) is 37.8. The second-order valence-corrected chi connectivity index (χ2v) is 17.9. The van der Waals surface area contributed by atoms with Gasteiger partial charge in [-0.3, -0.25) is 0 Å². The number of nitriles is 1. The van der Waals surface area contributed by atoms with E-state index in [2.05, 4.69) is 123 Å². The maximum absolute atomic E-state index is 9.59. The Morgan fingerprint density at radius 1 is 0.561 bits per heavy atom. The third-order valence-electron chi connectivity index (χ3n) is 15.5. The average molecular weight is 735 g/mol. The molecular formula is C52H38N4O. The van der Waals surface area contributed by atoms with Gasteiger partial charge in [0.2, 0.25) is 0 Å².